The largest absolute Gasteiger partial charge is 0.495 e. The molecule has 0 bridgehead atoms. The molecule has 4 rings (SSSR count). The molecule has 0 aromatic heterocycles. The zero-order chi connectivity index (χ0) is 33.8. The minimum atomic E-state index is -0.575. The molecule has 0 saturated heterocycles. The number of nitrogens with zero attached hydrogens (tertiary/aromatic N) is 1. The van der Waals surface area contributed by atoms with Crippen LogP contribution in [0.1, 0.15) is 53.5 Å². The highest BCUT2D eigenvalue weighted by Crippen LogP contribution is 2.29. The van der Waals surface area contributed by atoms with Gasteiger partial charge in [-0.15, -0.1) is 0 Å². The molecular formula is C37H41N3O7. The first kappa shape index (κ1) is 34.4. The summed E-state index contributed by atoms with van der Waals surface area (Å²) in [6.45, 7) is 6.47. The molecule has 47 heavy (non-hydrogen) atoms. The van der Waals surface area contributed by atoms with Crippen molar-refractivity contribution >= 4 is 29.3 Å². The highest BCUT2D eigenvalue weighted by Gasteiger charge is 2.19. The summed E-state index contributed by atoms with van der Waals surface area (Å²) < 4.78 is 22.5. The Morgan fingerprint density at radius 3 is 2.21 bits per heavy atom. The lowest BCUT2D eigenvalue weighted by Crippen LogP contribution is -2.33. The number of alkyl carbamates (subject to hydrolysis) is 1. The molecule has 0 atom stereocenters. The van der Waals surface area contributed by atoms with E-state index in [1.807, 2.05) is 54.6 Å². The van der Waals surface area contributed by atoms with Crippen LogP contribution in [0.2, 0.25) is 0 Å². The highest BCUT2D eigenvalue weighted by molar-refractivity contribution is 6.09. The highest BCUT2D eigenvalue weighted by atomic mass is 16.6. The summed E-state index contributed by atoms with van der Waals surface area (Å²) in [4.78, 5) is 40.0. The minimum absolute atomic E-state index is 0.251. The van der Waals surface area contributed by atoms with Crippen molar-refractivity contribution in [3.05, 3.63) is 114 Å². The number of anilines is 2. The second-order valence-corrected chi connectivity index (χ2v) is 11.6. The van der Waals surface area contributed by atoms with Gasteiger partial charge in [-0.05, 0) is 87.4 Å². The van der Waals surface area contributed by atoms with Gasteiger partial charge in [-0.25, -0.2) is 4.79 Å². The zero-order valence-electron chi connectivity index (χ0n) is 27.4. The van der Waals surface area contributed by atoms with E-state index in [-0.39, 0.29) is 12.5 Å². The van der Waals surface area contributed by atoms with E-state index in [2.05, 4.69) is 10.6 Å². The molecule has 4 aromatic rings. The molecular weight excluding hydrogens is 598 g/mol. The number of hydrogen-bond acceptors (Lipinski definition) is 7. The zero-order valence-corrected chi connectivity index (χ0v) is 27.4. The first-order chi connectivity index (χ1) is 22.5. The fourth-order valence-electron chi connectivity index (χ4n) is 4.47. The van der Waals surface area contributed by atoms with E-state index in [0.29, 0.717) is 59.3 Å². The van der Waals surface area contributed by atoms with Gasteiger partial charge in [0.25, 0.3) is 11.8 Å². The van der Waals surface area contributed by atoms with E-state index in [9.17, 15) is 14.4 Å². The third-order valence-corrected chi connectivity index (χ3v) is 6.85. The Bertz CT molecular complexity index is 1650. The number of methoxy groups -OCH3 is 1. The van der Waals surface area contributed by atoms with Crippen molar-refractivity contribution in [1.82, 2.24) is 5.32 Å². The molecule has 10 nitrogen and oxygen atoms in total. The van der Waals surface area contributed by atoms with Gasteiger partial charge in [0.05, 0.1) is 25.0 Å². The smallest absolute Gasteiger partial charge is 0.407 e. The predicted molar refractivity (Wildman–Crippen MR) is 182 cm³/mol. The van der Waals surface area contributed by atoms with Crippen molar-refractivity contribution in [2.24, 2.45) is 0 Å². The Kier molecular flexibility index (Phi) is 11.8. The van der Waals surface area contributed by atoms with Gasteiger partial charge in [0.1, 0.15) is 29.5 Å². The van der Waals surface area contributed by atoms with Crippen LogP contribution < -0.4 is 29.7 Å². The quantitative estimate of drug-likeness (QED) is 0.150. The van der Waals surface area contributed by atoms with Gasteiger partial charge in [0.2, 0.25) is 0 Å². The Hall–Kier alpha value is -5.51. The SMILES string of the molecule is COc1cc(C(=O)N(C)c2ccc(OCc3ccccc3)cc2)ccc1NC(=O)c1ccccc1OCCCNC(=O)OC(C)(C)C. The number of nitrogens with one attached hydrogen (secondary N) is 2. The van der Waals surface area contributed by atoms with Crippen LogP contribution in [0.3, 0.4) is 0 Å². The Balaban J connectivity index is 1.34. The fraction of sp³-hybridized carbons (Fsp3) is 0.270. The maximum atomic E-state index is 13.4. The summed E-state index contributed by atoms with van der Waals surface area (Å²) >= 11 is 0. The molecule has 0 saturated carbocycles. The van der Waals surface area contributed by atoms with Crippen molar-refractivity contribution in [1.29, 1.82) is 0 Å². The lowest BCUT2D eigenvalue weighted by Gasteiger charge is -2.19. The average molecular weight is 640 g/mol. The predicted octanol–water partition coefficient (Wildman–Crippen LogP) is 7.10. The molecule has 0 unspecified atom stereocenters. The number of benzene rings is 4. The second kappa shape index (κ2) is 16.2. The Labute approximate surface area is 275 Å². The number of ether oxygens (including phenoxy) is 4. The van der Waals surface area contributed by atoms with E-state index in [0.717, 1.165) is 5.56 Å². The average Bonchev–Trinajstić information content (AvgIpc) is 3.06. The van der Waals surface area contributed by atoms with Crippen molar-refractivity contribution in [2.75, 3.05) is 37.5 Å². The molecule has 2 N–H and O–H groups in total. The third-order valence-electron chi connectivity index (χ3n) is 6.85. The maximum Gasteiger partial charge on any atom is 0.407 e. The van der Waals surface area contributed by atoms with E-state index >= 15 is 0 Å². The normalized spacial score (nSPS) is 10.8. The van der Waals surface area contributed by atoms with Gasteiger partial charge >= 0.3 is 6.09 Å². The summed E-state index contributed by atoms with van der Waals surface area (Å²) in [5.74, 6) is 0.762. The van der Waals surface area contributed by atoms with Crippen LogP contribution in [-0.2, 0) is 11.3 Å². The standard InChI is InChI=1S/C37H41N3O7/c1-37(2,3)47-36(43)38-22-11-23-45-32-15-10-9-14-30(32)34(41)39-31-21-16-27(24-33(31)44-5)35(42)40(4)28-17-19-29(20-18-28)46-25-26-12-7-6-8-13-26/h6-10,12-21,24H,11,22-23,25H2,1-5H3,(H,38,43)(H,39,41). The van der Waals surface area contributed by atoms with Crippen LogP contribution in [0.4, 0.5) is 16.2 Å². The summed E-state index contributed by atoms with van der Waals surface area (Å²) in [6, 6.07) is 28.9. The van der Waals surface area contributed by atoms with E-state index < -0.39 is 17.6 Å². The number of para-hydroxylation sites is 1. The van der Waals surface area contributed by atoms with Gasteiger partial charge < -0.3 is 34.5 Å². The van der Waals surface area contributed by atoms with Crippen LogP contribution in [0.15, 0.2) is 97.1 Å². The van der Waals surface area contributed by atoms with Crippen LogP contribution in [-0.4, -0.2) is 50.8 Å². The summed E-state index contributed by atoms with van der Waals surface area (Å²) in [5, 5.41) is 5.54. The molecule has 0 heterocycles. The maximum absolute atomic E-state index is 13.4. The molecule has 4 aromatic carbocycles. The molecule has 3 amide bonds. The van der Waals surface area contributed by atoms with Crippen LogP contribution in [0, 0.1) is 0 Å². The van der Waals surface area contributed by atoms with Crippen molar-refractivity contribution in [3.63, 3.8) is 0 Å². The molecule has 0 spiro atoms. The first-order valence-electron chi connectivity index (χ1n) is 15.3. The topological polar surface area (TPSA) is 115 Å². The fourth-order valence-corrected chi connectivity index (χ4v) is 4.47. The Morgan fingerprint density at radius 2 is 1.51 bits per heavy atom. The van der Waals surface area contributed by atoms with E-state index in [1.165, 1.54) is 12.0 Å². The number of rotatable bonds is 13. The van der Waals surface area contributed by atoms with Crippen LogP contribution >= 0.6 is 0 Å². The summed E-state index contributed by atoms with van der Waals surface area (Å²) in [6.07, 6.45) is 0.0172. The first-order valence-corrected chi connectivity index (χ1v) is 15.3. The molecule has 0 aliphatic rings. The van der Waals surface area contributed by atoms with Crippen molar-refractivity contribution in [3.8, 4) is 17.2 Å². The van der Waals surface area contributed by atoms with E-state index in [4.69, 9.17) is 18.9 Å². The van der Waals surface area contributed by atoms with Gasteiger partial charge in [-0.2, -0.15) is 0 Å². The van der Waals surface area contributed by atoms with Crippen LogP contribution in [0.25, 0.3) is 0 Å². The second-order valence-electron chi connectivity index (χ2n) is 11.6. The van der Waals surface area contributed by atoms with Gasteiger partial charge in [-0.1, -0.05) is 42.5 Å². The van der Waals surface area contributed by atoms with Crippen molar-refractivity contribution in [2.45, 2.75) is 39.4 Å². The lowest BCUT2D eigenvalue weighted by molar-refractivity contribution is 0.0525. The summed E-state index contributed by atoms with van der Waals surface area (Å²) in [7, 11) is 3.16. The molecule has 0 aliphatic heterocycles. The molecule has 10 heteroatoms. The van der Waals surface area contributed by atoms with Gasteiger partial charge in [0.15, 0.2) is 0 Å². The molecule has 0 radical (unpaired) electrons. The van der Waals surface area contributed by atoms with E-state index in [1.54, 1.807) is 70.3 Å². The number of carbonyl (C=O) groups is 3. The molecule has 0 aliphatic carbocycles. The number of hydrogen-bond donors (Lipinski definition) is 2. The van der Waals surface area contributed by atoms with Gasteiger partial charge in [0, 0.05) is 24.8 Å². The summed E-state index contributed by atoms with van der Waals surface area (Å²) in [5.41, 5.74) is 2.29. The number of amides is 3. The number of carbonyl (C=O) groups excluding carboxylic acids is 3. The molecule has 0 fully saturated rings. The third kappa shape index (κ3) is 10.3. The lowest BCUT2D eigenvalue weighted by atomic mass is 10.1. The molecule has 246 valence electrons. The van der Waals surface area contributed by atoms with Gasteiger partial charge in [-0.3, -0.25) is 9.59 Å². The monoisotopic (exact) mass is 639 g/mol. The Morgan fingerprint density at radius 1 is 0.809 bits per heavy atom. The minimum Gasteiger partial charge on any atom is -0.495 e. The van der Waals surface area contributed by atoms with Crippen LogP contribution in [0.5, 0.6) is 17.2 Å². The van der Waals surface area contributed by atoms with Crippen molar-refractivity contribution < 1.29 is 33.3 Å².